The molecule has 0 unspecified atom stereocenters. The average molecular weight is 321 g/mol. The Balaban J connectivity index is 1.32. The van der Waals surface area contributed by atoms with E-state index in [1.807, 2.05) is 23.0 Å². The van der Waals surface area contributed by atoms with E-state index in [9.17, 15) is 0 Å². The third-order valence-corrected chi connectivity index (χ3v) is 4.25. The van der Waals surface area contributed by atoms with E-state index < -0.39 is 0 Å². The van der Waals surface area contributed by atoms with Gasteiger partial charge in [-0.3, -0.25) is 0 Å². The van der Waals surface area contributed by atoms with E-state index in [0.717, 1.165) is 43.5 Å². The second-order valence-corrected chi connectivity index (χ2v) is 5.86. The minimum Gasteiger partial charge on any atom is -0.382 e. The first kappa shape index (κ1) is 14.6. The van der Waals surface area contributed by atoms with Gasteiger partial charge in [-0.25, -0.2) is 19.9 Å². The number of nitrogens with zero attached hydrogens (tertiary/aromatic N) is 6. The van der Waals surface area contributed by atoms with Crippen molar-refractivity contribution in [3.8, 4) is 0 Å². The zero-order valence-corrected chi connectivity index (χ0v) is 13.3. The van der Waals surface area contributed by atoms with Crippen LogP contribution in [0.25, 0.3) is 22.2 Å². The summed E-state index contributed by atoms with van der Waals surface area (Å²) in [6.07, 6.45) is 8.52. The molecule has 1 aromatic carbocycles. The van der Waals surface area contributed by atoms with Crippen molar-refractivity contribution in [1.29, 1.82) is 0 Å². The first-order valence-electron chi connectivity index (χ1n) is 8.14. The molecule has 0 saturated heterocycles. The SMILES string of the molecule is Nc1ncnc2c1ncn2CCCCCn1cnc2ccccc21. The van der Waals surface area contributed by atoms with Gasteiger partial charge in [0.1, 0.15) is 11.8 Å². The average Bonchev–Trinajstić information content (AvgIpc) is 3.20. The van der Waals surface area contributed by atoms with E-state index in [2.05, 4.69) is 36.6 Å². The molecule has 24 heavy (non-hydrogen) atoms. The molecule has 0 aliphatic carbocycles. The maximum absolute atomic E-state index is 5.81. The molecule has 4 rings (SSSR count). The van der Waals surface area contributed by atoms with Crippen molar-refractivity contribution >= 4 is 28.0 Å². The monoisotopic (exact) mass is 321 g/mol. The van der Waals surface area contributed by atoms with Crippen LogP contribution < -0.4 is 5.73 Å². The van der Waals surface area contributed by atoms with Crippen molar-refractivity contribution in [2.75, 3.05) is 5.73 Å². The smallest absolute Gasteiger partial charge is 0.165 e. The molecular weight excluding hydrogens is 302 g/mol. The molecule has 0 aliphatic heterocycles. The maximum Gasteiger partial charge on any atom is 0.165 e. The molecule has 0 saturated carbocycles. The number of imidazole rings is 2. The summed E-state index contributed by atoms with van der Waals surface area (Å²) in [6, 6.07) is 8.23. The van der Waals surface area contributed by atoms with Crippen molar-refractivity contribution in [3.63, 3.8) is 0 Å². The molecule has 3 aromatic heterocycles. The molecule has 0 spiro atoms. The number of anilines is 1. The van der Waals surface area contributed by atoms with Crippen LogP contribution in [0, 0.1) is 0 Å². The third kappa shape index (κ3) is 2.68. The summed E-state index contributed by atoms with van der Waals surface area (Å²) >= 11 is 0. The topological polar surface area (TPSA) is 87.4 Å². The van der Waals surface area contributed by atoms with Gasteiger partial charge >= 0.3 is 0 Å². The highest BCUT2D eigenvalue weighted by Crippen LogP contribution is 2.16. The van der Waals surface area contributed by atoms with Crippen molar-refractivity contribution in [2.24, 2.45) is 0 Å². The lowest BCUT2D eigenvalue weighted by Crippen LogP contribution is -2.01. The number of aryl methyl sites for hydroxylation is 2. The summed E-state index contributed by atoms with van der Waals surface area (Å²) in [5.41, 5.74) is 9.56. The van der Waals surface area contributed by atoms with Crippen LogP contribution >= 0.6 is 0 Å². The largest absolute Gasteiger partial charge is 0.382 e. The Kier molecular flexibility index (Phi) is 3.82. The van der Waals surface area contributed by atoms with E-state index in [0.29, 0.717) is 11.3 Å². The van der Waals surface area contributed by atoms with Crippen LogP contribution in [0.5, 0.6) is 0 Å². The summed E-state index contributed by atoms with van der Waals surface area (Å²) < 4.78 is 4.26. The minimum absolute atomic E-state index is 0.436. The first-order valence-corrected chi connectivity index (χ1v) is 8.14. The van der Waals surface area contributed by atoms with Crippen LogP contribution in [0.4, 0.5) is 5.82 Å². The number of rotatable bonds is 6. The molecular formula is C17H19N7. The Morgan fingerprint density at radius 1 is 0.833 bits per heavy atom. The number of unbranched alkanes of at least 4 members (excludes halogenated alkanes) is 2. The Bertz CT molecular complexity index is 969. The van der Waals surface area contributed by atoms with Gasteiger partial charge in [-0.15, -0.1) is 0 Å². The predicted molar refractivity (Wildman–Crippen MR) is 93.3 cm³/mol. The van der Waals surface area contributed by atoms with Gasteiger partial charge in [0.25, 0.3) is 0 Å². The Morgan fingerprint density at radius 3 is 2.54 bits per heavy atom. The number of hydrogen-bond donors (Lipinski definition) is 1. The molecule has 3 heterocycles. The lowest BCUT2D eigenvalue weighted by atomic mass is 10.2. The zero-order chi connectivity index (χ0) is 16.4. The van der Waals surface area contributed by atoms with Crippen molar-refractivity contribution in [3.05, 3.63) is 43.2 Å². The van der Waals surface area contributed by atoms with Gasteiger partial charge in [0, 0.05) is 13.1 Å². The van der Waals surface area contributed by atoms with Gasteiger partial charge in [-0.05, 0) is 31.4 Å². The predicted octanol–water partition coefficient (Wildman–Crippen LogP) is 2.63. The van der Waals surface area contributed by atoms with Gasteiger partial charge in [-0.1, -0.05) is 12.1 Å². The molecule has 0 radical (unpaired) electrons. The molecule has 0 amide bonds. The Labute approximate surface area is 139 Å². The fourth-order valence-corrected chi connectivity index (χ4v) is 2.99. The van der Waals surface area contributed by atoms with Gasteiger partial charge in [-0.2, -0.15) is 0 Å². The number of fused-ring (bicyclic) bond motifs is 2. The number of aromatic nitrogens is 6. The number of benzene rings is 1. The van der Waals surface area contributed by atoms with Crippen molar-refractivity contribution < 1.29 is 0 Å². The molecule has 2 N–H and O–H groups in total. The molecule has 7 heteroatoms. The highest BCUT2D eigenvalue weighted by atomic mass is 15.1. The summed E-state index contributed by atoms with van der Waals surface area (Å²) in [7, 11) is 0. The lowest BCUT2D eigenvalue weighted by Gasteiger charge is -2.06. The van der Waals surface area contributed by atoms with Gasteiger partial charge in [0.15, 0.2) is 11.5 Å². The fourth-order valence-electron chi connectivity index (χ4n) is 2.99. The number of nitrogens with two attached hydrogens (primary N) is 1. The van der Waals surface area contributed by atoms with Crippen LogP contribution in [0.15, 0.2) is 43.2 Å². The summed E-state index contributed by atoms with van der Waals surface area (Å²) in [5.74, 6) is 0.436. The molecule has 4 aromatic rings. The number of nitrogen functional groups attached to an aromatic ring is 1. The van der Waals surface area contributed by atoms with E-state index in [4.69, 9.17) is 5.73 Å². The van der Waals surface area contributed by atoms with Gasteiger partial charge < -0.3 is 14.9 Å². The number of para-hydroxylation sites is 2. The van der Waals surface area contributed by atoms with Crippen molar-refractivity contribution in [2.45, 2.75) is 32.4 Å². The Hall–Kier alpha value is -2.96. The second kappa shape index (κ2) is 6.27. The van der Waals surface area contributed by atoms with Crippen LogP contribution in [0.2, 0.25) is 0 Å². The highest BCUT2D eigenvalue weighted by molar-refractivity contribution is 5.81. The minimum atomic E-state index is 0.436. The summed E-state index contributed by atoms with van der Waals surface area (Å²) in [4.78, 5) is 17.0. The van der Waals surface area contributed by atoms with Crippen LogP contribution in [0.1, 0.15) is 19.3 Å². The highest BCUT2D eigenvalue weighted by Gasteiger charge is 2.07. The third-order valence-electron chi connectivity index (χ3n) is 4.25. The van der Waals surface area contributed by atoms with Gasteiger partial charge in [0.05, 0.1) is 23.7 Å². The fraction of sp³-hybridized carbons (Fsp3) is 0.294. The molecule has 7 nitrogen and oxygen atoms in total. The summed E-state index contributed by atoms with van der Waals surface area (Å²) in [5, 5.41) is 0. The number of hydrogen-bond acceptors (Lipinski definition) is 5. The van der Waals surface area contributed by atoms with Crippen LogP contribution in [-0.2, 0) is 13.1 Å². The molecule has 122 valence electrons. The second-order valence-electron chi connectivity index (χ2n) is 5.86. The molecule has 0 atom stereocenters. The lowest BCUT2D eigenvalue weighted by molar-refractivity contribution is 0.554. The quantitative estimate of drug-likeness (QED) is 0.552. The van der Waals surface area contributed by atoms with E-state index in [1.165, 1.54) is 11.8 Å². The first-order chi connectivity index (χ1) is 11.8. The van der Waals surface area contributed by atoms with E-state index >= 15 is 0 Å². The maximum atomic E-state index is 5.81. The van der Waals surface area contributed by atoms with Crippen molar-refractivity contribution in [1.82, 2.24) is 29.1 Å². The zero-order valence-electron chi connectivity index (χ0n) is 13.3. The van der Waals surface area contributed by atoms with E-state index in [1.54, 1.807) is 6.33 Å². The van der Waals surface area contributed by atoms with Gasteiger partial charge in [0.2, 0.25) is 0 Å². The Morgan fingerprint density at radius 2 is 1.62 bits per heavy atom. The normalized spacial score (nSPS) is 11.5. The molecule has 0 bridgehead atoms. The van der Waals surface area contributed by atoms with E-state index in [-0.39, 0.29) is 0 Å². The standard InChI is InChI=1S/C17H19N7/c18-16-15-17(20-10-19-16)24(12-22-15)9-5-1-4-8-23-11-21-13-6-2-3-7-14(13)23/h2-3,6-7,10-12H,1,4-5,8-9H2,(H2,18,19,20). The van der Waals surface area contributed by atoms with Crippen LogP contribution in [0.3, 0.4) is 0 Å². The summed E-state index contributed by atoms with van der Waals surface area (Å²) in [6.45, 7) is 1.87. The molecule has 0 fully saturated rings. The van der Waals surface area contributed by atoms with Crippen LogP contribution in [-0.4, -0.2) is 29.1 Å². The molecule has 0 aliphatic rings.